The van der Waals surface area contributed by atoms with Crippen molar-refractivity contribution in [3.05, 3.63) is 23.8 Å². The molecule has 0 aromatic heterocycles. The number of nitrogens with one attached hydrogen (secondary N) is 1. The summed E-state index contributed by atoms with van der Waals surface area (Å²) in [7, 11) is 3.07. The van der Waals surface area contributed by atoms with E-state index in [2.05, 4.69) is 5.32 Å². The van der Waals surface area contributed by atoms with Gasteiger partial charge in [-0.3, -0.25) is 9.59 Å². The lowest BCUT2D eigenvalue weighted by Gasteiger charge is -2.20. The summed E-state index contributed by atoms with van der Waals surface area (Å²) < 4.78 is 10.5. The number of hydrogen-bond acceptors (Lipinski definition) is 4. The molecule has 2 unspecified atom stereocenters. The summed E-state index contributed by atoms with van der Waals surface area (Å²) in [5, 5.41) is 12.2. The monoisotopic (exact) mass is 347 g/mol. The summed E-state index contributed by atoms with van der Waals surface area (Å²) in [6, 6.07) is 4.65. The van der Waals surface area contributed by atoms with E-state index < -0.39 is 12.0 Å². The van der Waals surface area contributed by atoms with E-state index in [9.17, 15) is 14.7 Å². The van der Waals surface area contributed by atoms with E-state index in [-0.39, 0.29) is 23.7 Å². The van der Waals surface area contributed by atoms with Gasteiger partial charge in [-0.1, -0.05) is 18.9 Å². The van der Waals surface area contributed by atoms with Crippen LogP contribution in [0.4, 0.5) is 0 Å². The van der Waals surface area contributed by atoms with Crippen LogP contribution in [0.1, 0.15) is 50.1 Å². The molecule has 6 nitrogen and oxygen atoms in total. The lowest BCUT2D eigenvalue weighted by Crippen LogP contribution is -2.32. The third-order valence-corrected chi connectivity index (χ3v) is 5.61. The van der Waals surface area contributed by atoms with Crippen LogP contribution in [0, 0.1) is 11.3 Å². The van der Waals surface area contributed by atoms with Gasteiger partial charge in [0.05, 0.1) is 26.7 Å². The Kier molecular flexibility index (Phi) is 4.88. The molecule has 2 atom stereocenters. The summed E-state index contributed by atoms with van der Waals surface area (Å²) in [6.07, 6.45) is 5.39. The Labute approximate surface area is 147 Å². The summed E-state index contributed by atoms with van der Waals surface area (Å²) in [6.45, 7) is 0. The Morgan fingerprint density at radius 2 is 1.92 bits per heavy atom. The van der Waals surface area contributed by atoms with Crippen molar-refractivity contribution in [1.82, 2.24) is 5.32 Å². The van der Waals surface area contributed by atoms with E-state index in [0.29, 0.717) is 17.1 Å². The van der Waals surface area contributed by atoms with Crippen molar-refractivity contribution in [2.75, 3.05) is 14.2 Å². The van der Waals surface area contributed by atoms with E-state index in [1.165, 1.54) is 20.0 Å². The Hall–Kier alpha value is -2.24. The molecule has 0 bridgehead atoms. The molecular weight excluding hydrogens is 322 g/mol. The molecule has 2 N–H and O–H groups in total. The predicted molar refractivity (Wildman–Crippen MR) is 91.7 cm³/mol. The van der Waals surface area contributed by atoms with Gasteiger partial charge in [0.15, 0.2) is 11.5 Å². The van der Waals surface area contributed by atoms with Crippen LogP contribution in [0.25, 0.3) is 0 Å². The largest absolute Gasteiger partial charge is 0.493 e. The molecule has 2 aliphatic carbocycles. The number of hydrogen-bond donors (Lipinski definition) is 2. The molecule has 0 heterocycles. The molecule has 2 aliphatic rings. The fourth-order valence-electron chi connectivity index (χ4n) is 4.12. The van der Waals surface area contributed by atoms with Crippen LogP contribution in [0.2, 0.25) is 0 Å². The number of carboxylic acids is 1. The zero-order valence-electron chi connectivity index (χ0n) is 14.7. The van der Waals surface area contributed by atoms with Gasteiger partial charge in [-0.2, -0.15) is 0 Å². The lowest BCUT2D eigenvalue weighted by atomic mass is 10.00. The van der Waals surface area contributed by atoms with Crippen molar-refractivity contribution in [2.24, 2.45) is 11.3 Å². The Bertz CT molecular complexity index is 666. The number of carboxylic acid groups (broad SMARTS) is 1. The Morgan fingerprint density at radius 1 is 1.24 bits per heavy atom. The van der Waals surface area contributed by atoms with Gasteiger partial charge in [-0.05, 0) is 42.4 Å². The van der Waals surface area contributed by atoms with Crippen LogP contribution in [0.3, 0.4) is 0 Å². The smallest absolute Gasteiger partial charge is 0.305 e. The second kappa shape index (κ2) is 6.94. The minimum atomic E-state index is -0.952. The number of benzene rings is 1. The maximum absolute atomic E-state index is 12.6. The first kappa shape index (κ1) is 17.6. The number of ether oxygens (including phenoxy) is 2. The zero-order valence-corrected chi connectivity index (χ0v) is 14.7. The molecule has 25 heavy (non-hydrogen) atoms. The number of rotatable bonds is 7. The molecule has 2 fully saturated rings. The van der Waals surface area contributed by atoms with Crippen LogP contribution in [-0.4, -0.2) is 31.2 Å². The fraction of sp³-hybridized carbons (Fsp3) is 0.579. The number of aliphatic carboxylic acids is 1. The first-order valence-corrected chi connectivity index (χ1v) is 8.73. The topological polar surface area (TPSA) is 84.9 Å². The van der Waals surface area contributed by atoms with E-state index in [1.54, 1.807) is 25.3 Å². The van der Waals surface area contributed by atoms with Crippen molar-refractivity contribution < 1.29 is 24.2 Å². The van der Waals surface area contributed by atoms with Gasteiger partial charge in [-0.15, -0.1) is 0 Å². The molecule has 1 spiro atoms. The highest BCUT2D eigenvalue weighted by atomic mass is 16.5. The Balaban J connectivity index is 1.76. The first-order chi connectivity index (χ1) is 12.0. The molecule has 0 aliphatic heterocycles. The second-order valence-corrected chi connectivity index (χ2v) is 7.10. The fourth-order valence-corrected chi connectivity index (χ4v) is 4.12. The molecule has 1 aromatic rings. The van der Waals surface area contributed by atoms with Gasteiger partial charge in [0.25, 0.3) is 0 Å². The molecule has 6 heteroatoms. The standard InChI is InChI=1S/C19H25NO5/c1-24-15-6-5-12(9-16(15)25-2)14(10-17(21)22)20-18(23)13-11-19(13)7-3-4-8-19/h5-6,9,13-14H,3-4,7-8,10-11H2,1-2H3,(H,20,23)(H,21,22). The van der Waals surface area contributed by atoms with Crippen LogP contribution in [-0.2, 0) is 9.59 Å². The summed E-state index contributed by atoms with van der Waals surface area (Å²) in [5.74, 6) is 0.142. The number of carbonyl (C=O) groups is 2. The first-order valence-electron chi connectivity index (χ1n) is 8.73. The molecule has 0 saturated heterocycles. The maximum Gasteiger partial charge on any atom is 0.305 e. The molecule has 3 rings (SSSR count). The average Bonchev–Trinajstić information content (AvgIpc) is 3.10. The van der Waals surface area contributed by atoms with Gasteiger partial charge in [0, 0.05) is 5.92 Å². The second-order valence-electron chi connectivity index (χ2n) is 7.10. The zero-order chi connectivity index (χ0) is 18.0. The SMILES string of the molecule is COc1ccc(C(CC(=O)O)NC(=O)C2CC23CCCC3)cc1OC. The van der Waals surface area contributed by atoms with Gasteiger partial charge in [0.1, 0.15) is 0 Å². The minimum Gasteiger partial charge on any atom is -0.493 e. The Morgan fingerprint density at radius 3 is 2.52 bits per heavy atom. The van der Waals surface area contributed by atoms with E-state index in [1.807, 2.05) is 0 Å². The summed E-state index contributed by atoms with van der Waals surface area (Å²) >= 11 is 0. The third kappa shape index (κ3) is 3.57. The number of amides is 1. The molecule has 2 saturated carbocycles. The third-order valence-electron chi connectivity index (χ3n) is 5.61. The van der Waals surface area contributed by atoms with Crippen molar-refractivity contribution in [3.63, 3.8) is 0 Å². The van der Waals surface area contributed by atoms with E-state index in [0.717, 1.165) is 19.3 Å². The quantitative estimate of drug-likeness (QED) is 0.792. The van der Waals surface area contributed by atoms with Gasteiger partial charge in [-0.25, -0.2) is 0 Å². The van der Waals surface area contributed by atoms with Crippen LogP contribution in [0.15, 0.2) is 18.2 Å². The predicted octanol–water partition coefficient (Wildman–Crippen LogP) is 2.92. The van der Waals surface area contributed by atoms with Crippen molar-refractivity contribution >= 4 is 11.9 Å². The minimum absolute atomic E-state index is 0.0251. The molecule has 0 radical (unpaired) electrons. The van der Waals surface area contributed by atoms with E-state index in [4.69, 9.17) is 9.47 Å². The van der Waals surface area contributed by atoms with Gasteiger partial charge < -0.3 is 19.9 Å². The molecule has 1 aromatic carbocycles. The normalized spacial score (nSPS) is 21.6. The molecular formula is C19H25NO5. The van der Waals surface area contributed by atoms with Crippen LogP contribution < -0.4 is 14.8 Å². The van der Waals surface area contributed by atoms with Crippen molar-refractivity contribution in [1.29, 1.82) is 0 Å². The van der Waals surface area contributed by atoms with Crippen LogP contribution in [0.5, 0.6) is 11.5 Å². The number of methoxy groups -OCH3 is 2. The lowest BCUT2D eigenvalue weighted by molar-refractivity contribution is -0.137. The van der Waals surface area contributed by atoms with Crippen molar-refractivity contribution in [3.8, 4) is 11.5 Å². The maximum atomic E-state index is 12.6. The highest BCUT2D eigenvalue weighted by Crippen LogP contribution is 2.62. The average molecular weight is 347 g/mol. The van der Waals surface area contributed by atoms with Gasteiger partial charge in [0.2, 0.25) is 5.91 Å². The van der Waals surface area contributed by atoms with Gasteiger partial charge >= 0.3 is 5.97 Å². The molecule has 136 valence electrons. The molecule has 1 amide bonds. The van der Waals surface area contributed by atoms with Crippen LogP contribution >= 0.6 is 0 Å². The highest BCUT2D eigenvalue weighted by molar-refractivity contribution is 5.83. The number of carbonyl (C=O) groups excluding carboxylic acids is 1. The summed E-state index contributed by atoms with van der Waals surface area (Å²) in [4.78, 5) is 23.9. The summed E-state index contributed by atoms with van der Waals surface area (Å²) in [5.41, 5.74) is 0.893. The van der Waals surface area contributed by atoms with E-state index >= 15 is 0 Å². The van der Waals surface area contributed by atoms with Crippen molar-refractivity contribution in [2.45, 2.75) is 44.6 Å². The highest BCUT2D eigenvalue weighted by Gasteiger charge is 2.58.